The first-order valence-electron chi connectivity index (χ1n) is 4.47. The fourth-order valence-corrected chi connectivity index (χ4v) is 2.63. The highest BCUT2D eigenvalue weighted by molar-refractivity contribution is 9.10. The predicted octanol–water partition coefficient (Wildman–Crippen LogP) is 2.87. The standard InChI is InChI=1S/C10H10BrN3S/c1-14-6-5-13-10(14)15-7-9-8(11)3-2-4-12-9/h2-6H,7H2,1H3. The maximum atomic E-state index is 4.30. The Bertz CT molecular complexity index is 455. The van der Waals surface area contributed by atoms with Crippen molar-refractivity contribution in [3.05, 3.63) is 40.9 Å². The maximum absolute atomic E-state index is 4.30. The summed E-state index contributed by atoms with van der Waals surface area (Å²) in [6, 6.07) is 3.92. The van der Waals surface area contributed by atoms with Crippen LogP contribution in [-0.2, 0) is 12.8 Å². The van der Waals surface area contributed by atoms with Gasteiger partial charge in [-0.3, -0.25) is 4.98 Å². The zero-order chi connectivity index (χ0) is 10.7. The summed E-state index contributed by atoms with van der Waals surface area (Å²) in [7, 11) is 1.99. The summed E-state index contributed by atoms with van der Waals surface area (Å²) < 4.78 is 3.05. The molecule has 0 fully saturated rings. The van der Waals surface area contributed by atoms with Crippen LogP contribution in [-0.4, -0.2) is 14.5 Å². The lowest BCUT2D eigenvalue weighted by Crippen LogP contribution is -1.92. The minimum atomic E-state index is 0.826. The molecule has 0 bridgehead atoms. The van der Waals surface area contributed by atoms with Crippen LogP contribution in [0.3, 0.4) is 0 Å². The highest BCUT2D eigenvalue weighted by Crippen LogP contribution is 2.23. The van der Waals surface area contributed by atoms with E-state index in [1.807, 2.05) is 29.9 Å². The van der Waals surface area contributed by atoms with Gasteiger partial charge in [-0.1, -0.05) is 11.8 Å². The van der Waals surface area contributed by atoms with Crippen LogP contribution in [0, 0.1) is 0 Å². The van der Waals surface area contributed by atoms with Gasteiger partial charge in [0.25, 0.3) is 0 Å². The van der Waals surface area contributed by atoms with Gasteiger partial charge in [0.2, 0.25) is 0 Å². The smallest absolute Gasteiger partial charge is 0.168 e. The summed E-state index contributed by atoms with van der Waals surface area (Å²) in [6.07, 6.45) is 5.55. The van der Waals surface area contributed by atoms with Crippen LogP contribution in [0.25, 0.3) is 0 Å². The van der Waals surface area contributed by atoms with E-state index in [0.29, 0.717) is 0 Å². The molecular formula is C10H10BrN3S. The molecule has 0 spiro atoms. The molecule has 2 aromatic heterocycles. The fourth-order valence-electron chi connectivity index (χ4n) is 1.15. The highest BCUT2D eigenvalue weighted by atomic mass is 79.9. The molecule has 0 unspecified atom stereocenters. The van der Waals surface area contributed by atoms with E-state index in [1.54, 1.807) is 24.2 Å². The van der Waals surface area contributed by atoms with Crippen molar-refractivity contribution >= 4 is 27.7 Å². The Labute approximate surface area is 101 Å². The van der Waals surface area contributed by atoms with Crippen molar-refractivity contribution in [2.24, 2.45) is 7.05 Å². The second-order valence-corrected chi connectivity index (χ2v) is 4.84. The Morgan fingerprint density at radius 1 is 1.40 bits per heavy atom. The Morgan fingerprint density at radius 3 is 2.93 bits per heavy atom. The van der Waals surface area contributed by atoms with E-state index < -0.39 is 0 Å². The summed E-state index contributed by atoms with van der Waals surface area (Å²) >= 11 is 5.16. The Kier molecular flexibility index (Phi) is 3.43. The third-order valence-corrected chi connectivity index (χ3v) is 3.74. The van der Waals surface area contributed by atoms with Gasteiger partial charge in [-0.05, 0) is 28.1 Å². The lowest BCUT2D eigenvalue weighted by Gasteiger charge is -2.02. The van der Waals surface area contributed by atoms with Gasteiger partial charge in [-0.2, -0.15) is 0 Å². The van der Waals surface area contributed by atoms with Gasteiger partial charge >= 0.3 is 0 Å². The van der Waals surface area contributed by atoms with Crippen molar-refractivity contribution < 1.29 is 0 Å². The molecule has 5 heteroatoms. The van der Waals surface area contributed by atoms with E-state index in [0.717, 1.165) is 21.1 Å². The van der Waals surface area contributed by atoms with Crippen LogP contribution in [0.15, 0.2) is 40.4 Å². The quantitative estimate of drug-likeness (QED) is 0.812. The summed E-state index contributed by atoms with van der Waals surface area (Å²) in [5.41, 5.74) is 1.05. The van der Waals surface area contributed by atoms with Crippen molar-refractivity contribution in [3.8, 4) is 0 Å². The topological polar surface area (TPSA) is 30.7 Å². The number of halogens is 1. The predicted molar refractivity (Wildman–Crippen MR) is 64.7 cm³/mol. The van der Waals surface area contributed by atoms with Gasteiger partial charge in [0, 0.05) is 35.9 Å². The third kappa shape index (κ3) is 2.60. The molecule has 3 nitrogen and oxygen atoms in total. The molecule has 0 aromatic carbocycles. The number of hydrogen-bond donors (Lipinski definition) is 0. The number of nitrogens with zero attached hydrogens (tertiary/aromatic N) is 3. The van der Waals surface area contributed by atoms with Crippen LogP contribution in [0.1, 0.15) is 5.69 Å². The van der Waals surface area contributed by atoms with Gasteiger partial charge in [-0.25, -0.2) is 4.98 Å². The van der Waals surface area contributed by atoms with E-state index >= 15 is 0 Å². The molecule has 2 heterocycles. The van der Waals surface area contributed by atoms with E-state index in [2.05, 4.69) is 25.9 Å². The van der Waals surface area contributed by atoms with Gasteiger partial charge in [0.1, 0.15) is 0 Å². The average Bonchev–Trinajstić information content (AvgIpc) is 2.63. The Hall–Kier alpha value is -0.810. The number of rotatable bonds is 3. The number of hydrogen-bond acceptors (Lipinski definition) is 3. The molecule has 0 saturated carbocycles. The molecular weight excluding hydrogens is 274 g/mol. The highest BCUT2D eigenvalue weighted by Gasteiger charge is 2.04. The van der Waals surface area contributed by atoms with E-state index in [1.165, 1.54) is 0 Å². The summed E-state index contributed by atoms with van der Waals surface area (Å²) in [5, 5.41) is 1.01. The second kappa shape index (κ2) is 4.81. The average molecular weight is 284 g/mol. The molecule has 15 heavy (non-hydrogen) atoms. The van der Waals surface area contributed by atoms with Crippen LogP contribution < -0.4 is 0 Å². The normalized spacial score (nSPS) is 10.5. The number of thioether (sulfide) groups is 1. The summed E-state index contributed by atoms with van der Waals surface area (Å²) in [4.78, 5) is 8.55. The Morgan fingerprint density at radius 2 is 2.27 bits per heavy atom. The van der Waals surface area contributed by atoms with Gasteiger partial charge < -0.3 is 4.57 Å². The molecule has 0 aliphatic carbocycles. The monoisotopic (exact) mass is 283 g/mol. The van der Waals surface area contributed by atoms with Crippen molar-refractivity contribution in [3.63, 3.8) is 0 Å². The van der Waals surface area contributed by atoms with Crippen LogP contribution in [0.2, 0.25) is 0 Å². The molecule has 0 N–H and O–H groups in total. The molecule has 2 aromatic rings. The van der Waals surface area contributed by atoms with Crippen LogP contribution >= 0.6 is 27.7 Å². The molecule has 0 saturated heterocycles. The number of imidazole rings is 1. The molecule has 0 radical (unpaired) electrons. The first-order valence-corrected chi connectivity index (χ1v) is 6.25. The third-order valence-electron chi connectivity index (χ3n) is 1.95. The van der Waals surface area contributed by atoms with Crippen molar-refractivity contribution in [1.82, 2.24) is 14.5 Å². The number of aromatic nitrogens is 3. The molecule has 0 aliphatic heterocycles. The van der Waals surface area contributed by atoms with E-state index in [4.69, 9.17) is 0 Å². The van der Waals surface area contributed by atoms with E-state index in [-0.39, 0.29) is 0 Å². The first kappa shape index (κ1) is 10.7. The molecule has 78 valence electrons. The number of aryl methyl sites for hydroxylation is 1. The number of pyridine rings is 1. The minimum absolute atomic E-state index is 0.826. The van der Waals surface area contributed by atoms with Crippen LogP contribution in [0.4, 0.5) is 0 Å². The lowest BCUT2D eigenvalue weighted by atomic mass is 10.4. The van der Waals surface area contributed by atoms with Crippen molar-refractivity contribution in [2.75, 3.05) is 0 Å². The molecule has 0 atom stereocenters. The van der Waals surface area contributed by atoms with Crippen molar-refractivity contribution in [2.45, 2.75) is 10.9 Å². The second-order valence-electron chi connectivity index (χ2n) is 3.04. The van der Waals surface area contributed by atoms with E-state index in [9.17, 15) is 0 Å². The zero-order valence-electron chi connectivity index (χ0n) is 8.22. The van der Waals surface area contributed by atoms with Crippen LogP contribution in [0.5, 0.6) is 0 Å². The molecule has 0 aliphatic rings. The summed E-state index contributed by atoms with van der Waals surface area (Å²) in [6.45, 7) is 0. The van der Waals surface area contributed by atoms with Gasteiger partial charge in [-0.15, -0.1) is 0 Å². The molecule has 2 rings (SSSR count). The first-order chi connectivity index (χ1) is 7.27. The van der Waals surface area contributed by atoms with Gasteiger partial charge in [0.15, 0.2) is 5.16 Å². The van der Waals surface area contributed by atoms with Crippen molar-refractivity contribution in [1.29, 1.82) is 0 Å². The lowest BCUT2D eigenvalue weighted by molar-refractivity contribution is 0.789. The summed E-state index contributed by atoms with van der Waals surface area (Å²) in [5.74, 6) is 0.826. The van der Waals surface area contributed by atoms with Gasteiger partial charge in [0.05, 0.1) is 5.69 Å². The Balaban J connectivity index is 2.06. The molecule has 0 amide bonds. The minimum Gasteiger partial charge on any atom is -0.329 e. The SMILES string of the molecule is Cn1ccnc1SCc1ncccc1Br. The largest absolute Gasteiger partial charge is 0.329 e. The maximum Gasteiger partial charge on any atom is 0.168 e. The zero-order valence-corrected chi connectivity index (χ0v) is 10.6. The fraction of sp³-hybridized carbons (Fsp3) is 0.200.